The number of nitrogens with zero attached hydrogens (tertiary/aromatic N) is 1. The van der Waals surface area contributed by atoms with Gasteiger partial charge in [0.25, 0.3) is 0 Å². The quantitative estimate of drug-likeness (QED) is 0.670. The van der Waals surface area contributed by atoms with Crippen LogP contribution in [0.5, 0.6) is 0 Å². The Balaban J connectivity index is 3.93. The van der Waals surface area contributed by atoms with E-state index in [1.807, 2.05) is 13.8 Å². The maximum atomic E-state index is 11.7. The molecule has 0 saturated heterocycles. The van der Waals surface area contributed by atoms with E-state index in [2.05, 4.69) is 4.74 Å². The second-order valence-electron chi connectivity index (χ2n) is 4.21. The number of carbonyl (C=O) groups is 2. The zero-order chi connectivity index (χ0) is 12.7. The summed E-state index contributed by atoms with van der Waals surface area (Å²) in [4.78, 5) is 24.1. The Bertz CT molecular complexity index is 241. The van der Waals surface area contributed by atoms with Crippen LogP contribution < -0.4 is 5.73 Å². The first-order chi connectivity index (χ1) is 7.40. The number of methoxy groups -OCH3 is 1. The Morgan fingerprint density at radius 3 is 2.38 bits per heavy atom. The minimum absolute atomic E-state index is 0.0835. The Morgan fingerprint density at radius 1 is 1.38 bits per heavy atom. The summed E-state index contributed by atoms with van der Waals surface area (Å²) in [6, 6.07) is -0.469. The summed E-state index contributed by atoms with van der Waals surface area (Å²) in [5.74, 6) is -0.218. The highest BCUT2D eigenvalue weighted by Crippen LogP contribution is 2.03. The molecule has 0 aliphatic rings. The Labute approximate surface area is 96.9 Å². The molecule has 5 nitrogen and oxygen atoms in total. The number of hydrogen-bond donors (Lipinski definition) is 1. The normalized spacial score (nSPS) is 12.4. The maximum Gasteiger partial charge on any atom is 0.305 e. The molecule has 0 aromatic rings. The van der Waals surface area contributed by atoms with Crippen molar-refractivity contribution in [2.24, 2.45) is 11.7 Å². The SMILES string of the molecule is COC(=O)CCCN(C)C(=O)C(N)C(C)C. The van der Waals surface area contributed by atoms with E-state index in [4.69, 9.17) is 5.73 Å². The lowest BCUT2D eigenvalue weighted by molar-refractivity contribution is -0.141. The molecular formula is C11H22N2O3. The molecule has 1 unspecified atom stereocenters. The molecule has 0 aromatic carbocycles. The van der Waals surface area contributed by atoms with Crippen LogP contribution in [0.15, 0.2) is 0 Å². The topological polar surface area (TPSA) is 72.6 Å². The third kappa shape index (κ3) is 5.11. The standard InChI is InChI=1S/C11H22N2O3/c1-8(2)10(12)11(15)13(3)7-5-6-9(14)16-4/h8,10H,5-7,12H2,1-4H3. The van der Waals surface area contributed by atoms with Crippen LogP contribution in [0.3, 0.4) is 0 Å². The summed E-state index contributed by atoms with van der Waals surface area (Å²) in [5.41, 5.74) is 5.74. The fourth-order valence-corrected chi connectivity index (χ4v) is 1.21. The van der Waals surface area contributed by atoms with E-state index in [1.54, 1.807) is 11.9 Å². The molecule has 0 radical (unpaired) electrons. The van der Waals surface area contributed by atoms with Crippen LogP contribution in [0.1, 0.15) is 26.7 Å². The molecule has 0 aliphatic heterocycles. The van der Waals surface area contributed by atoms with Gasteiger partial charge < -0.3 is 15.4 Å². The van der Waals surface area contributed by atoms with Crippen LogP contribution in [0, 0.1) is 5.92 Å². The smallest absolute Gasteiger partial charge is 0.305 e. The molecule has 16 heavy (non-hydrogen) atoms. The Kier molecular flexibility index (Phi) is 6.72. The van der Waals surface area contributed by atoms with Gasteiger partial charge in [0.15, 0.2) is 0 Å². The van der Waals surface area contributed by atoms with E-state index in [0.717, 1.165) is 0 Å². The average molecular weight is 230 g/mol. The highest BCUT2D eigenvalue weighted by atomic mass is 16.5. The molecule has 94 valence electrons. The van der Waals surface area contributed by atoms with E-state index in [0.29, 0.717) is 19.4 Å². The minimum atomic E-state index is -0.469. The van der Waals surface area contributed by atoms with Crippen molar-refractivity contribution >= 4 is 11.9 Å². The maximum absolute atomic E-state index is 11.7. The predicted molar refractivity (Wildman–Crippen MR) is 61.7 cm³/mol. The van der Waals surface area contributed by atoms with Crippen molar-refractivity contribution in [2.45, 2.75) is 32.7 Å². The van der Waals surface area contributed by atoms with E-state index >= 15 is 0 Å². The van der Waals surface area contributed by atoms with Crippen molar-refractivity contribution in [2.75, 3.05) is 20.7 Å². The second-order valence-corrected chi connectivity index (χ2v) is 4.21. The van der Waals surface area contributed by atoms with Crippen molar-refractivity contribution in [3.63, 3.8) is 0 Å². The molecule has 5 heteroatoms. The van der Waals surface area contributed by atoms with E-state index in [-0.39, 0.29) is 17.8 Å². The van der Waals surface area contributed by atoms with Crippen molar-refractivity contribution in [3.8, 4) is 0 Å². The van der Waals surface area contributed by atoms with Crippen LogP contribution in [0.2, 0.25) is 0 Å². The van der Waals surface area contributed by atoms with Gasteiger partial charge in [-0.1, -0.05) is 13.8 Å². The zero-order valence-electron chi connectivity index (χ0n) is 10.5. The largest absolute Gasteiger partial charge is 0.469 e. The van der Waals surface area contributed by atoms with Gasteiger partial charge in [-0.05, 0) is 12.3 Å². The van der Waals surface area contributed by atoms with Gasteiger partial charge in [0.2, 0.25) is 5.91 Å². The third-order valence-electron chi connectivity index (χ3n) is 2.48. The van der Waals surface area contributed by atoms with Gasteiger partial charge in [-0.3, -0.25) is 9.59 Å². The molecule has 0 bridgehead atoms. The molecule has 1 amide bonds. The monoisotopic (exact) mass is 230 g/mol. The van der Waals surface area contributed by atoms with Gasteiger partial charge in [0.1, 0.15) is 0 Å². The predicted octanol–water partition coefficient (Wildman–Crippen LogP) is 0.381. The number of ether oxygens (including phenoxy) is 1. The summed E-state index contributed by atoms with van der Waals surface area (Å²) in [6.45, 7) is 4.34. The van der Waals surface area contributed by atoms with Gasteiger partial charge in [0, 0.05) is 20.0 Å². The number of rotatable bonds is 6. The highest BCUT2D eigenvalue weighted by molar-refractivity contribution is 5.81. The van der Waals surface area contributed by atoms with Crippen molar-refractivity contribution in [1.82, 2.24) is 4.90 Å². The van der Waals surface area contributed by atoms with E-state index < -0.39 is 6.04 Å². The van der Waals surface area contributed by atoms with Crippen molar-refractivity contribution in [1.29, 1.82) is 0 Å². The molecule has 0 aromatic heterocycles. The Hall–Kier alpha value is -1.10. The summed E-state index contributed by atoms with van der Waals surface area (Å²) in [7, 11) is 3.05. The lowest BCUT2D eigenvalue weighted by Crippen LogP contribution is -2.45. The van der Waals surface area contributed by atoms with Crippen LogP contribution in [-0.4, -0.2) is 43.5 Å². The van der Waals surface area contributed by atoms with Gasteiger partial charge in [-0.25, -0.2) is 0 Å². The summed E-state index contributed by atoms with van der Waals surface area (Å²) in [5, 5.41) is 0. The first-order valence-electron chi connectivity index (χ1n) is 5.47. The van der Waals surface area contributed by atoms with Crippen molar-refractivity contribution in [3.05, 3.63) is 0 Å². The highest BCUT2D eigenvalue weighted by Gasteiger charge is 2.20. The lowest BCUT2D eigenvalue weighted by Gasteiger charge is -2.23. The minimum Gasteiger partial charge on any atom is -0.469 e. The van der Waals surface area contributed by atoms with Crippen LogP contribution >= 0.6 is 0 Å². The van der Waals surface area contributed by atoms with Gasteiger partial charge in [-0.2, -0.15) is 0 Å². The molecule has 0 fully saturated rings. The summed E-state index contributed by atoms with van der Waals surface area (Å²) >= 11 is 0. The van der Waals surface area contributed by atoms with E-state index in [9.17, 15) is 9.59 Å². The Morgan fingerprint density at radius 2 is 1.94 bits per heavy atom. The number of esters is 1. The van der Waals surface area contributed by atoms with E-state index in [1.165, 1.54) is 7.11 Å². The number of likely N-dealkylation sites (N-methyl/N-ethyl adjacent to an activating group) is 1. The number of nitrogens with two attached hydrogens (primary N) is 1. The van der Waals surface area contributed by atoms with Crippen LogP contribution in [-0.2, 0) is 14.3 Å². The molecule has 1 atom stereocenters. The molecule has 0 saturated carbocycles. The van der Waals surface area contributed by atoms with Crippen molar-refractivity contribution < 1.29 is 14.3 Å². The molecule has 0 rings (SSSR count). The third-order valence-corrected chi connectivity index (χ3v) is 2.48. The molecular weight excluding hydrogens is 208 g/mol. The first-order valence-corrected chi connectivity index (χ1v) is 5.47. The summed E-state index contributed by atoms with van der Waals surface area (Å²) in [6.07, 6.45) is 0.921. The fourth-order valence-electron chi connectivity index (χ4n) is 1.21. The van der Waals surface area contributed by atoms with Crippen LogP contribution in [0.4, 0.5) is 0 Å². The fraction of sp³-hybridized carbons (Fsp3) is 0.818. The molecule has 0 aliphatic carbocycles. The first kappa shape index (κ1) is 14.9. The lowest BCUT2D eigenvalue weighted by atomic mass is 10.0. The second kappa shape index (κ2) is 7.22. The number of amides is 1. The molecule has 0 spiro atoms. The summed E-state index contributed by atoms with van der Waals surface area (Å²) < 4.78 is 4.51. The molecule has 2 N–H and O–H groups in total. The van der Waals surface area contributed by atoms with Gasteiger partial charge >= 0.3 is 5.97 Å². The zero-order valence-corrected chi connectivity index (χ0v) is 10.5. The number of hydrogen-bond acceptors (Lipinski definition) is 4. The average Bonchev–Trinajstić information content (AvgIpc) is 2.26. The van der Waals surface area contributed by atoms with Gasteiger partial charge in [-0.15, -0.1) is 0 Å². The van der Waals surface area contributed by atoms with Gasteiger partial charge in [0.05, 0.1) is 13.2 Å². The molecule has 0 heterocycles. The van der Waals surface area contributed by atoms with Crippen LogP contribution in [0.25, 0.3) is 0 Å². The number of carbonyl (C=O) groups excluding carboxylic acids is 2.